The predicted octanol–water partition coefficient (Wildman–Crippen LogP) is 2.48. The number of hydrogen-bond donors (Lipinski definition) is 2. The number of carbonyl (C=O) groups is 1. The maximum atomic E-state index is 12.5. The molecule has 3 heterocycles. The number of ketones is 1. The number of hydrogen-bond acceptors (Lipinski definition) is 5. The number of fused-ring (bicyclic) bond motifs is 1. The van der Waals surface area contributed by atoms with Gasteiger partial charge in [-0.2, -0.15) is 0 Å². The summed E-state index contributed by atoms with van der Waals surface area (Å²) in [5.74, 6) is 0.0775. The van der Waals surface area contributed by atoms with E-state index in [1.165, 1.54) is 5.56 Å². The summed E-state index contributed by atoms with van der Waals surface area (Å²) in [6.45, 7) is 3.15. The van der Waals surface area contributed by atoms with Gasteiger partial charge in [0.25, 0.3) is 0 Å². The molecule has 6 heteroatoms. The summed E-state index contributed by atoms with van der Waals surface area (Å²) in [5, 5.41) is 13.3. The van der Waals surface area contributed by atoms with E-state index < -0.39 is 6.10 Å². The van der Waals surface area contributed by atoms with Crippen LogP contribution in [0.2, 0.25) is 0 Å². The van der Waals surface area contributed by atoms with Crippen LogP contribution in [0.5, 0.6) is 0 Å². The van der Waals surface area contributed by atoms with Crippen molar-refractivity contribution in [3.63, 3.8) is 0 Å². The molecule has 0 radical (unpaired) electrons. The number of aliphatic hydroxyl groups is 1. The lowest BCUT2D eigenvalue weighted by Crippen LogP contribution is -2.46. The Morgan fingerprint density at radius 1 is 1.30 bits per heavy atom. The summed E-state index contributed by atoms with van der Waals surface area (Å²) < 4.78 is 1.85. The van der Waals surface area contributed by atoms with Crippen LogP contribution in [0, 0.1) is 6.92 Å². The van der Waals surface area contributed by atoms with E-state index in [-0.39, 0.29) is 18.4 Å². The first-order chi connectivity index (χ1) is 13.1. The van der Waals surface area contributed by atoms with Gasteiger partial charge in [-0.1, -0.05) is 29.8 Å². The van der Waals surface area contributed by atoms with Gasteiger partial charge >= 0.3 is 0 Å². The Morgan fingerprint density at radius 3 is 3.00 bits per heavy atom. The lowest BCUT2D eigenvalue weighted by Gasteiger charge is -2.28. The highest BCUT2D eigenvalue weighted by atomic mass is 16.3. The third kappa shape index (κ3) is 3.91. The minimum Gasteiger partial charge on any atom is -0.391 e. The summed E-state index contributed by atoms with van der Waals surface area (Å²) in [6.07, 6.45) is 5.07. The predicted molar refractivity (Wildman–Crippen MR) is 104 cm³/mol. The van der Waals surface area contributed by atoms with Gasteiger partial charge in [0.15, 0.2) is 11.4 Å². The first-order valence-electron chi connectivity index (χ1n) is 9.41. The fraction of sp³-hybridized carbons (Fsp3) is 0.381. The summed E-state index contributed by atoms with van der Waals surface area (Å²) in [4.78, 5) is 21.3. The average molecular weight is 364 g/mol. The van der Waals surface area contributed by atoms with Crippen LogP contribution in [0.1, 0.15) is 24.8 Å². The lowest BCUT2D eigenvalue weighted by atomic mass is 9.97. The summed E-state index contributed by atoms with van der Waals surface area (Å²) in [5.41, 5.74) is 4.77. The number of nitrogens with one attached hydrogen (secondary N) is 1. The minimum absolute atomic E-state index is 0.0775. The van der Waals surface area contributed by atoms with Crippen LogP contribution < -0.4 is 5.32 Å². The van der Waals surface area contributed by atoms with Gasteiger partial charge in [0.2, 0.25) is 0 Å². The van der Waals surface area contributed by atoms with Gasteiger partial charge < -0.3 is 15.0 Å². The molecule has 0 aliphatic carbocycles. The van der Waals surface area contributed by atoms with Gasteiger partial charge in [-0.25, -0.2) is 9.97 Å². The molecule has 140 valence electrons. The maximum Gasteiger partial charge on any atom is 0.177 e. The van der Waals surface area contributed by atoms with E-state index in [4.69, 9.17) is 0 Å². The zero-order valence-electron chi connectivity index (χ0n) is 15.4. The molecule has 4 rings (SSSR count). The van der Waals surface area contributed by atoms with E-state index >= 15 is 0 Å². The van der Waals surface area contributed by atoms with Gasteiger partial charge in [-0.15, -0.1) is 0 Å². The van der Waals surface area contributed by atoms with Gasteiger partial charge in [0, 0.05) is 24.2 Å². The lowest BCUT2D eigenvalue weighted by molar-refractivity contribution is -0.121. The largest absolute Gasteiger partial charge is 0.391 e. The molecule has 1 aliphatic heterocycles. The van der Waals surface area contributed by atoms with Gasteiger partial charge in [-0.3, -0.25) is 4.79 Å². The smallest absolute Gasteiger partial charge is 0.177 e. The topological polar surface area (TPSA) is 80.0 Å². The molecule has 0 unspecified atom stereocenters. The van der Waals surface area contributed by atoms with Crippen LogP contribution in [0.3, 0.4) is 0 Å². The second-order valence-corrected chi connectivity index (χ2v) is 7.32. The molecule has 0 bridgehead atoms. The van der Waals surface area contributed by atoms with Crippen molar-refractivity contribution in [3.8, 4) is 11.1 Å². The number of Topliss-reactive ketones (excluding diaryl/α,β-unsaturated/α-hetero) is 1. The fourth-order valence-electron chi connectivity index (χ4n) is 3.70. The van der Waals surface area contributed by atoms with Crippen molar-refractivity contribution >= 4 is 16.9 Å². The zero-order valence-corrected chi connectivity index (χ0v) is 15.4. The monoisotopic (exact) mass is 364 g/mol. The molecule has 1 fully saturated rings. The Kier molecular flexibility index (Phi) is 5.01. The van der Waals surface area contributed by atoms with Crippen molar-refractivity contribution in [2.24, 2.45) is 0 Å². The van der Waals surface area contributed by atoms with Crippen LogP contribution in [-0.4, -0.2) is 44.1 Å². The molecular formula is C21H24N4O2. The van der Waals surface area contributed by atoms with Gasteiger partial charge in [-0.05, 0) is 37.9 Å². The van der Waals surface area contributed by atoms with Crippen molar-refractivity contribution in [2.75, 3.05) is 6.54 Å². The normalized spacial score (nSPS) is 20.1. The number of benzene rings is 1. The van der Waals surface area contributed by atoms with Crippen molar-refractivity contribution in [2.45, 2.75) is 44.9 Å². The summed E-state index contributed by atoms with van der Waals surface area (Å²) >= 11 is 0. The van der Waals surface area contributed by atoms with Crippen LogP contribution in [0.15, 0.2) is 42.9 Å². The SMILES string of the molecule is Cc1cccc(-c2cnc3ncn(CC(=O)C[C@H]4NCCC[C@@H]4O)c3c2)c1. The molecule has 0 amide bonds. The van der Waals surface area contributed by atoms with Gasteiger partial charge in [0.1, 0.15) is 0 Å². The molecule has 27 heavy (non-hydrogen) atoms. The van der Waals surface area contributed by atoms with Crippen LogP contribution >= 0.6 is 0 Å². The third-order valence-corrected chi connectivity index (χ3v) is 5.17. The number of nitrogens with zero attached hydrogens (tertiary/aromatic N) is 3. The number of rotatable bonds is 5. The first kappa shape index (κ1) is 17.8. The molecule has 0 spiro atoms. The molecule has 2 N–H and O–H groups in total. The summed E-state index contributed by atoms with van der Waals surface area (Å²) in [7, 11) is 0. The van der Waals surface area contributed by atoms with Crippen molar-refractivity contribution < 1.29 is 9.90 Å². The van der Waals surface area contributed by atoms with Crippen molar-refractivity contribution in [1.29, 1.82) is 0 Å². The molecule has 2 atom stereocenters. The Bertz CT molecular complexity index is 966. The Morgan fingerprint density at radius 2 is 2.19 bits per heavy atom. The van der Waals surface area contributed by atoms with Crippen LogP contribution in [0.4, 0.5) is 0 Å². The molecule has 1 saturated heterocycles. The van der Waals surface area contributed by atoms with Crippen molar-refractivity contribution in [1.82, 2.24) is 19.9 Å². The number of carbonyl (C=O) groups excluding carboxylic acids is 1. The molecule has 1 aromatic carbocycles. The third-order valence-electron chi connectivity index (χ3n) is 5.17. The second-order valence-electron chi connectivity index (χ2n) is 7.32. The molecule has 0 saturated carbocycles. The highest BCUT2D eigenvalue weighted by Gasteiger charge is 2.25. The van der Waals surface area contributed by atoms with E-state index in [9.17, 15) is 9.90 Å². The van der Waals surface area contributed by atoms with E-state index in [1.54, 1.807) is 6.33 Å². The van der Waals surface area contributed by atoms with E-state index in [2.05, 4.69) is 40.4 Å². The number of imidazole rings is 1. The second kappa shape index (κ2) is 7.58. The highest BCUT2D eigenvalue weighted by Crippen LogP contribution is 2.23. The average Bonchev–Trinajstić information content (AvgIpc) is 3.06. The van der Waals surface area contributed by atoms with E-state index in [0.29, 0.717) is 12.1 Å². The molecule has 6 nitrogen and oxygen atoms in total. The standard InChI is InChI=1S/C21H24N4O2/c1-14-4-2-5-15(8-14)16-9-19-21(23-11-16)24-13-25(19)12-17(26)10-18-20(27)6-3-7-22-18/h2,4-5,8-9,11,13,18,20,22,27H,3,6-7,10,12H2,1H3/t18-,20+/m1/s1. The van der Waals surface area contributed by atoms with E-state index in [1.807, 2.05) is 22.9 Å². The van der Waals surface area contributed by atoms with Crippen LogP contribution in [-0.2, 0) is 11.3 Å². The van der Waals surface area contributed by atoms with E-state index in [0.717, 1.165) is 36.0 Å². The number of pyridine rings is 1. The number of aromatic nitrogens is 3. The number of piperidine rings is 1. The molecule has 2 aromatic heterocycles. The summed E-state index contributed by atoms with van der Waals surface area (Å²) in [6, 6.07) is 10.1. The molecular weight excluding hydrogens is 340 g/mol. The Hall–Kier alpha value is -2.57. The number of aryl methyl sites for hydroxylation is 1. The number of aliphatic hydroxyl groups excluding tert-OH is 1. The molecule has 3 aromatic rings. The quantitative estimate of drug-likeness (QED) is 0.727. The van der Waals surface area contributed by atoms with Gasteiger partial charge in [0.05, 0.1) is 24.5 Å². The molecule has 1 aliphatic rings. The zero-order chi connectivity index (χ0) is 18.8. The fourth-order valence-corrected chi connectivity index (χ4v) is 3.70. The van der Waals surface area contributed by atoms with Crippen molar-refractivity contribution in [3.05, 3.63) is 48.4 Å². The Balaban J connectivity index is 1.55. The minimum atomic E-state index is -0.447. The maximum absolute atomic E-state index is 12.5. The Labute approximate surface area is 158 Å². The van der Waals surface area contributed by atoms with Crippen LogP contribution in [0.25, 0.3) is 22.3 Å². The highest BCUT2D eigenvalue weighted by molar-refractivity contribution is 5.83. The first-order valence-corrected chi connectivity index (χ1v) is 9.41.